The van der Waals surface area contributed by atoms with Crippen LogP contribution in [-0.4, -0.2) is 49.7 Å². The zero-order chi connectivity index (χ0) is 15.2. The summed E-state index contributed by atoms with van der Waals surface area (Å²) in [5.74, 6) is 0.623. The van der Waals surface area contributed by atoms with Gasteiger partial charge in [-0.3, -0.25) is 9.69 Å². The molecule has 2 saturated heterocycles. The van der Waals surface area contributed by atoms with Crippen LogP contribution in [0, 0.1) is 5.92 Å². The summed E-state index contributed by atoms with van der Waals surface area (Å²) in [6.07, 6.45) is 7.03. The first-order chi connectivity index (χ1) is 10.8. The Kier molecular flexibility index (Phi) is 5.64. The van der Waals surface area contributed by atoms with Crippen molar-refractivity contribution in [3.63, 3.8) is 0 Å². The summed E-state index contributed by atoms with van der Waals surface area (Å²) in [6.45, 7) is 4.88. The molecule has 1 unspecified atom stereocenters. The van der Waals surface area contributed by atoms with Crippen LogP contribution in [0.5, 0.6) is 0 Å². The second-order valence-corrected chi connectivity index (χ2v) is 7.07. The van der Waals surface area contributed by atoms with Crippen LogP contribution in [0.2, 0.25) is 0 Å². The zero-order valence-corrected chi connectivity index (χ0v) is 13.7. The summed E-state index contributed by atoms with van der Waals surface area (Å²) >= 11 is 1.64. The topological polar surface area (TPSA) is 41.6 Å². The maximum Gasteiger partial charge on any atom is 0.244 e. The van der Waals surface area contributed by atoms with Crippen LogP contribution in [0.25, 0.3) is 6.08 Å². The van der Waals surface area contributed by atoms with E-state index < -0.39 is 0 Å². The van der Waals surface area contributed by atoms with E-state index in [-0.39, 0.29) is 5.91 Å². The van der Waals surface area contributed by atoms with Gasteiger partial charge in [0.2, 0.25) is 5.91 Å². The minimum absolute atomic E-state index is 0.0139. The fourth-order valence-electron chi connectivity index (χ4n) is 3.18. The first-order valence-corrected chi connectivity index (χ1v) is 9.00. The predicted octanol–water partition coefficient (Wildman–Crippen LogP) is 2.38. The average Bonchev–Trinajstić information content (AvgIpc) is 3.24. The molecule has 1 N–H and O–H groups in total. The van der Waals surface area contributed by atoms with Gasteiger partial charge in [0.15, 0.2) is 0 Å². The molecule has 22 heavy (non-hydrogen) atoms. The summed E-state index contributed by atoms with van der Waals surface area (Å²) in [6, 6.07) is 4.63. The van der Waals surface area contributed by atoms with E-state index in [1.807, 2.05) is 23.6 Å². The van der Waals surface area contributed by atoms with Crippen molar-refractivity contribution in [1.82, 2.24) is 10.2 Å². The molecule has 2 aliphatic heterocycles. The van der Waals surface area contributed by atoms with Gasteiger partial charge in [-0.1, -0.05) is 6.07 Å². The quantitative estimate of drug-likeness (QED) is 0.847. The summed E-state index contributed by atoms with van der Waals surface area (Å²) in [7, 11) is 0. The summed E-state index contributed by atoms with van der Waals surface area (Å²) in [4.78, 5) is 15.5. The molecule has 1 aromatic heterocycles. The minimum Gasteiger partial charge on any atom is -0.380 e. The molecule has 4 nitrogen and oxygen atoms in total. The molecule has 1 amide bonds. The van der Waals surface area contributed by atoms with Crippen molar-refractivity contribution >= 4 is 23.3 Å². The maximum atomic E-state index is 11.8. The smallest absolute Gasteiger partial charge is 0.244 e. The number of carbonyl (C=O) groups is 1. The molecule has 2 aliphatic rings. The molecule has 1 aromatic rings. The van der Waals surface area contributed by atoms with Gasteiger partial charge in [-0.05, 0) is 55.8 Å². The Morgan fingerprint density at radius 2 is 2.27 bits per heavy atom. The van der Waals surface area contributed by atoms with Crippen molar-refractivity contribution in [1.29, 1.82) is 0 Å². The first kappa shape index (κ1) is 15.7. The number of ether oxygens (including phenoxy) is 1. The number of carbonyl (C=O) groups excluding carboxylic acids is 1. The third-order valence-electron chi connectivity index (χ3n) is 4.58. The van der Waals surface area contributed by atoms with Gasteiger partial charge in [0.25, 0.3) is 0 Å². The van der Waals surface area contributed by atoms with E-state index in [4.69, 9.17) is 4.74 Å². The number of nitrogens with one attached hydrogen (secondary N) is 1. The third kappa shape index (κ3) is 4.41. The Balaban J connectivity index is 1.35. The molecule has 0 spiro atoms. The molecule has 0 aromatic carbocycles. The highest BCUT2D eigenvalue weighted by Crippen LogP contribution is 2.21. The second kappa shape index (κ2) is 7.90. The predicted molar refractivity (Wildman–Crippen MR) is 89.9 cm³/mol. The number of hydrogen-bond donors (Lipinski definition) is 1. The highest BCUT2D eigenvalue weighted by molar-refractivity contribution is 7.10. The van der Waals surface area contributed by atoms with E-state index in [0.29, 0.717) is 12.0 Å². The van der Waals surface area contributed by atoms with Gasteiger partial charge in [-0.2, -0.15) is 0 Å². The fraction of sp³-hybridized carbons (Fsp3) is 0.588. The van der Waals surface area contributed by atoms with E-state index in [1.165, 1.54) is 19.3 Å². The molecule has 0 radical (unpaired) electrons. The largest absolute Gasteiger partial charge is 0.380 e. The van der Waals surface area contributed by atoms with Gasteiger partial charge in [0, 0.05) is 30.1 Å². The van der Waals surface area contributed by atoms with Gasteiger partial charge >= 0.3 is 0 Å². The lowest BCUT2D eigenvalue weighted by atomic mass is 9.95. The standard InChI is InChI=1S/C17H24N2O2S/c20-17(4-3-16-2-1-11-22-16)18-12-14-5-8-19(9-6-14)15-7-10-21-13-15/h1-4,11,14-15H,5-10,12-13H2,(H,18,20)/b4-3+. The van der Waals surface area contributed by atoms with Crippen LogP contribution in [-0.2, 0) is 9.53 Å². The Morgan fingerprint density at radius 1 is 1.41 bits per heavy atom. The van der Waals surface area contributed by atoms with E-state index >= 15 is 0 Å². The SMILES string of the molecule is O=C(/C=C/c1cccs1)NCC1CCN(C2CCOC2)CC1. The first-order valence-electron chi connectivity index (χ1n) is 8.12. The molecule has 1 atom stereocenters. The number of nitrogens with zero attached hydrogens (tertiary/aromatic N) is 1. The molecular formula is C17H24N2O2S. The molecular weight excluding hydrogens is 296 g/mol. The third-order valence-corrected chi connectivity index (χ3v) is 5.42. The van der Waals surface area contributed by atoms with Crippen LogP contribution < -0.4 is 5.32 Å². The summed E-state index contributed by atoms with van der Waals surface area (Å²) in [5, 5.41) is 5.05. The summed E-state index contributed by atoms with van der Waals surface area (Å²) < 4.78 is 5.47. The van der Waals surface area contributed by atoms with Gasteiger partial charge in [0.1, 0.15) is 0 Å². The number of likely N-dealkylation sites (tertiary alicyclic amines) is 1. The highest BCUT2D eigenvalue weighted by Gasteiger charge is 2.27. The summed E-state index contributed by atoms with van der Waals surface area (Å²) in [5.41, 5.74) is 0. The van der Waals surface area contributed by atoms with E-state index in [1.54, 1.807) is 17.4 Å². The normalized spacial score (nSPS) is 24.1. The van der Waals surface area contributed by atoms with Crippen LogP contribution in [0.1, 0.15) is 24.1 Å². The van der Waals surface area contributed by atoms with Gasteiger partial charge < -0.3 is 10.1 Å². The van der Waals surface area contributed by atoms with Crippen molar-refractivity contribution in [3.05, 3.63) is 28.5 Å². The highest BCUT2D eigenvalue weighted by atomic mass is 32.1. The lowest BCUT2D eigenvalue weighted by molar-refractivity contribution is -0.116. The van der Waals surface area contributed by atoms with Crippen molar-refractivity contribution in [2.24, 2.45) is 5.92 Å². The van der Waals surface area contributed by atoms with Crippen molar-refractivity contribution in [2.75, 3.05) is 32.8 Å². The van der Waals surface area contributed by atoms with Crippen LogP contribution in [0.15, 0.2) is 23.6 Å². The molecule has 0 aliphatic carbocycles. The molecule has 3 heterocycles. The number of rotatable bonds is 5. The molecule has 0 saturated carbocycles. The van der Waals surface area contributed by atoms with Crippen molar-refractivity contribution < 1.29 is 9.53 Å². The van der Waals surface area contributed by atoms with E-state index in [0.717, 1.165) is 37.7 Å². The number of hydrogen-bond acceptors (Lipinski definition) is 4. The zero-order valence-electron chi connectivity index (χ0n) is 12.9. The van der Waals surface area contributed by atoms with Crippen molar-refractivity contribution in [2.45, 2.75) is 25.3 Å². The Hall–Kier alpha value is -1.17. The van der Waals surface area contributed by atoms with Crippen LogP contribution >= 0.6 is 11.3 Å². The molecule has 0 bridgehead atoms. The Bertz CT molecular complexity index is 487. The second-order valence-electron chi connectivity index (χ2n) is 6.09. The van der Waals surface area contributed by atoms with E-state index in [2.05, 4.69) is 10.2 Å². The Morgan fingerprint density at radius 3 is 2.95 bits per heavy atom. The van der Waals surface area contributed by atoms with Crippen LogP contribution in [0.4, 0.5) is 0 Å². The lowest BCUT2D eigenvalue weighted by Crippen LogP contribution is -2.43. The Labute approximate surface area is 136 Å². The van der Waals surface area contributed by atoms with Crippen LogP contribution in [0.3, 0.4) is 0 Å². The monoisotopic (exact) mass is 320 g/mol. The molecule has 2 fully saturated rings. The van der Waals surface area contributed by atoms with Gasteiger partial charge in [-0.15, -0.1) is 11.3 Å². The number of piperidine rings is 1. The average molecular weight is 320 g/mol. The maximum absolute atomic E-state index is 11.8. The lowest BCUT2D eigenvalue weighted by Gasteiger charge is -2.35. The fourth-order valence-corrected chi connectivity index (χ4v) is 3.80. The number of amides is 1. The number of thiophene rings is 1. The molecule has 5 heteroatoms. The minimum atomic E-state index is 0.0139. The molecule has 120 valence electrons. The van der Waals surface area contributed by atoms with Crippen molar-refractivity contribution in [3.8, 4) is 0 Å². The van der Waals surface area contributed by atoms with Gasteiger partial charge in [-0.25, -0.2) is 0 Å². The van der Waals surface area contributed by atoms with E-state index in [9.17, 15) is 4.79 Å². The van der Waals surface area contributed by atoms with Gasteiger partial charge in [0.05, 0.1) is 6.61 Å². The molecule has 3 rings (SSSR count).